The third-order valence-corrected chi connectivity index (χ3v) is 3.28. The SMILES string of the molecule is CCC(C)(CO)NCC(=O)Nc1ccccc1Cl. The number of carbonyl (C=O) groups is 1. The topological polar surface area (TPSA) is 61.4 Å². The van der Waals surface area contributed by atoms with Crippen molar-refractivity contribution in [1.29, 1.82) is 0 Å². The summed E-state index contributed by atoms with van der Waals surface area (Å²) in [6.45, 7) is 3.95. The number of aliphatic hydroxyl groups is 1. The quantitative estimate of drug-likeness (QED) is 0.741. The minimum atomic E-state index is -0.433. The zero-order valence-electron chi connectivity index (χ0n) is 10.7. The predicted molar refractivity (Wildman–Crippen MR) is 73.9 cm³/mol. The third kappa shape index (κ3) is 4.29. The van der Waals surface area contributed by atoms with Crippen molar-refractivity contribution in [3.8, 4) is 0 Å². The summed E-state index contributed by atoms with van der Waals surface area (Å²) in [6, 6.07) is 7.06. The van der Waals surface area contributed by atoms with Crippen LogP contribution >= 0.6 is 11.6 Å². The summed E-state index contributed by atoms with van der Waals surface area (Å²) < 4.78 is 0. The van der Waals surface area contributed by atoms with Crippen LogP contribution in [0.3, 0.4) is 0 Å². The van der Waals surface area contributed by atoms with E-state index in [0.717, 1.165) is 6.42 Å². The van der Waals surface area contributed by atoms with E-state index < -0.39 is 5.54 Å². The van der Waals surface area contributed by atoms with Crippen molar-refractivity contribution in [3.63, 3.8) is 0 Å². The van der Waals surface area contributed by atoms with Gasteiger partial charge in [0.15, 0.2) is 0 Å². The average molecular weight is 271 g/mol. The number of hydrogen-bond acceptors (Lipinski definition) is 3. The normalized spacial score (nSPS) is 14.0. The summed E-state index contributed by atoms with van der Waals surface area (Å²) in [7, 11) is 0. The fraction of sp³-hybridized carbons (Fsp3) is 0.462. The maximum atomic E-state index is 11.7. The van der Waals surface area contributed by atoms with Crippen molar-refractivity contribution >= 4 is 23.2 Å². The van der Waals surface area contributed by atoms with E-state index in [1.807, 2.05) is 13.8 Å². The molecule has 0 heterocycles. The second-order valence-electron chi connectivity index (χ2n) is 4.45. The summed E-state index contributed by atoms with van der Waals surface area (Å²) in [4.78, 5) is 11.7. The van der Waals surface area contributed by atoms with Crippen LogP contribution in [0.5, 0.6) is 0 Å². The standard InChI is InChI=1S/C13H19ClN2O2/c1-3-13(2,9-17)15-8-12(18)16-11-7-5-4-6-10(11)14/h4-7,15,17H,3,8-9H2,1-2H3,(H,16,18). The Morgan fingerprint density at radius 3 is 2.67 bits per heavy atom. The first-order chi connectivity index (χ1) is 8.50. The molecule has 0 fully saturated rings. The van der Waals surface area contributed by atoms with E-state index in [1.165, 1.54) is 0 Å². The summed E-state index contributed by atoms with van der Waals surface area (Å²) in [5.41, 5.74) is 0.158. The van der Waals surface area contributed by atoms with E-state index in [9.17, 15) is 9.90 Å². The third-order valence-electron chi connectivity index (χ3n) is 2.95. The van der Waals surface area contributed by atoms with Gasteiger partial charge in [0.05, 0.1) is 23.9 Å². The van der Waals surface area contributed by atoms with Crippen molar-refractivity contribution in [3.05, 3.63) is 29.3 Å². The highest BCUT2D eigenvalue weighted by Crippen LogP contribution is 2.20. The van der Waals surface area contributed by atoms with Gasteiger partial charge in [-0.2, -0.15) is 0 Å². The van der Waals surface area contributed by atoms with Crippen molar-refractivity contribution in [1.82, 2.24) is 5.32 Å². The lowest BCUT2D eigenvalue weighted by Gasteiger charge is -2.26. The van der Waals surface area contributed by atoms with Crippen LogP contribution in [0.4, 0.5) is 5.69 Å². The van der Waals surface area contributed by atoms with Gasteiger partial charge in [0.25, 0.3) is 0 Å². The van der Waals surface area contributed by atoms with E-state index in [0.29, 0.717) is 10.7 Å². The monoisotopic (exact) mass is 270 g/mol. The van der Waals surface area contributed by atoms with Gasteiger partial charge in [-0.1, -0.05) is 30.7 Å². The molecule has 4 nitrogen and oxygen atoms in total. The van der Waals surface area contributed by atoms with Crippen LogP contribution in [0, 0.1) is 0 Å². The molecule has 0 spiro atoms. The minimum absolute atomic E-state index is 0.0110. The molecule has 0 bridgehead atoms. The number of benzene rings is 1. The van der Waals surface area contributed by atoms with E-state index in [2.05, 4.69) is 10.6 Å². The summed E-state index contributed by atoms with van der Waals surface area (Å²) in [5, 5.41) is 15.5. The Balaban J connectivity index is 2.50. The minimum Gasteiger partial charge on any atom is -0.394 e. The zero-order valence-corrected chi connectivity index (χ0v) is 11.4. The first-order valence-electron chi connectivity index (χ1n) is 5.91. The van der Waals surface area contributed by atoms with Gasteiger partial charge in [-0.3, -0.25) is 4.79 Å². The van der Waals surface area contributed by atoms with Gasteiger partial charge >= 0.3 is 0 Å². The number of aliphatic hydroxyl groups excluding tert-OH is 1. The van der Waals surface area contributed by atoms with E-state index in [4.69, 9.17) is 11.6 Å². The molecule has 100 valence electrons. The van der Waals surface area contributed by atoms with Crippen molar-refractivity contribution < 1.29 is 9.90 Å². The predicted octanol–water partition coefficient (Wildman–Crippen LogP) is 2.03. The molecule has 0 aliphatic carbocycles. The molecule has 3 N–H and O–H groups in total. The van der Waals surface area contributed by atoms with Gasteiger partial charge in [-0.15, -0.1) is 0 Å². The fourth-order valence-electron chi connectivity index (χ4n) is 1.34. The van der Waals surface area contributed by atoms with Crippen LogP contribution in [0.15, 0.2) is 24.3 Å². The number of rotatable bonds is 6. The molecular weight excluding hydrogens is 252 g/mol. The average Bonchev–Trinajstić information content (AvgIpc) is 2.39. The second-order valence-corrected chi connectivity index (χ2v) is 4.86. The van der Waals surface area contributed by atoms with Gasteiger partial charge in [-0.25, -0.2) is 0 Å². The highest BCUT2D eigenvalue weighted by atomic mass is 35.5. The first kappa shape index (κ1) is 15.0. The van der Waals surface area contributed by atoms with Gasteiger partial charge in [0.2, 0.25) is 5.91 Å². The van der Waals surface area contributed by atoms with Crippen LogP contribution < -0.4 is 10.6 Å². The summed E-state index contributed by atoms with van der Waals surface area (Å²) >= 11 is 5.94. The number of nitrogens with one attached hydrogen (secondary N) is 2. The number of para-hydroxylation sites is 1. The smallest absolute Gasteiger partial charge is 0.238 e. The Kier molecular flexibility index (Phi) is 5.59. The zero-order chi connectivity index (χ0) is 13.6. The molecule has 1 aromatic rings. The van der Waals surface area contributed by atoms with Crippen LogP contribution in [0.1, 0.15) is 20.3 Å². The van der Waals surface area contributed by atoms with Crippen molar-refractivity contribution in [2.24, 2.45) is 0 Å². The Morgan fingerprint density at radius 1 is 1.44 bits per heavy atom. The molecule has 1 atom stereocenters. The molecule has 0 saturated heterocycles. The highest BCUT2D eigenvalue weighted by Gasteiger charge is 2.21. The van der Waals surface area contributed by atoms with E-state index >= 15 is 0 Å². The molecule has 0 saturated carbocycles. The van der Waals surface area contributed by atoms with Gasteiger partial charge < -0.3 is 15.7 Å². The Bertz CT molecular complexity index is 406. The van der Waals surface area contributed by atoms with E-state index in [-0.39, 0.29) is 19.1 Å². The molecular formula is C13H19ClN2O2. The number of halogens is 1. The number of anilines is 1. The fourth-order valence-corrected chi connectivity index (χ4v) is 1.53. The van der Waals surface area contributed by atoms with Crippen LogP contribution in [-0.4, -0.2) is 29.7 Å². The molecule has 1 unspecified atom stereocenters. The van der Waals surface area contributed by atoms with Gasteiger partial charge in [0.1, 0.15) is 0 Å². The first-order valence-corrected chi connectivity index (χ1v) is 6.29. The molecule has 0 aliphatic heterocycles. The van der Waals surface area contributed by atoms with Gasteiger partial charge in [0, 0.05) is 5.54 Å². The number of carbonyl (C=O) groups excluding carboxylic acids is 1. The van der Waals surface area contributed by atoms with Crippen LogP contribution in [0.2, 0.25) is 5.02 Å². The van der Waals surface area contributed by atoms with Crippen molar-refractivity contribution in [2.75, 3.05) is 18.5 Å². The van der Waals surface area contributed by atoms with E-state index in [1.54, 1.807) is 24.3 Å². The lowest BCUT2D eigenvalue weighted by atomic mass is 10.0. The van der Waals surface area contributed by atoms with Crippen LogP contribution in [0.25, 0.3) is 0 Å². The van der Waals surface area contributed by atoms with Gasteiger partial charge in [-0.05, 0) is 25.5 Å². The molecule has 0 aromatic heterocycles. The Morgan fingerprint density at radius 2 is 2.11 bits per heavy atom. The summed E-state index contributed by atoms with van der Waals surface area (Å²) in [5.74, 6) is -0.184. The Labute approximate surface area is 112 Å². The van der Waals surface area contributed by atoms with Crippen molar-refractivity contribution in [2.45, 2.75) is 25.8 Å². The maximum Gasteiger partial charge on any atom is 0.238 e. The molecule has 0 aliphatic rings. The largest absolute Gasteiger partial charge is 0.394 e. The number of amides is 1. The maximum absolute atomic E-state index is 11.7. The lowest BCUT2D eigenvalue weighted by Crippen LogP contribution is -2.48. The van der Waals surface area contributed by atoms with Crippen LogP contribution in [-0.2, 0) is 4.79 Å². The lowest BCUT2D eigenvalue weighted by molar-refractivity contribution is -0.115. The Hall–Kier alpha value is -1.10. The number of hydrogen-bond donors (Lipinski definition) is 3. The highest BCUT2D eigenvalue weighted by molar-refractivity contribution is 6.33. The molecule has 1 amide bonds. The second kappa shape index (κ2) is 6.73. The molecule has 1 rings (SSSR count). The molecule has 1 aromatic carbocycles. The molecule has 5 heteroatoms. The molecule has 18 heavy (non-hydrogen) atoms. The summed E-state index contributed by atoms with van der Waals surface area (Å²) in [6.07, 6.45) is 0.739. The molecule has 0 radical (unpaired) electrons.